The van der Waals surface area contributed by atoms with Crippen LogP contribution in [-0.4, -0.2) is 24.1 Å². The molecule has 1 N–H and O–H groups in total. The molecule has 2 unspecified atom stereocenters. The number of nitrogens with zero attached hydrogens (tertiary/aromatic N) is 1. The molecular weight excluding hydrogens is 132 g/mol. The van der Waals surface area contributed by atoms with E-state index in [1.54, 1.807) is 0 Å². The van der Waals surface area contributed by atoms with Crippen LogP contribution in [0.4, 0.5) is 0 Å². The Kier molecular flexibility index (Phi) is 2.21. The summed E-state index contributed by atoms with van der Waals surface area (Å²) in [5.74, 6) is 0.233. The molecule has 4 heteroatoms. The zero-order valence-electron chi connectivity index (χ0n) is 6.04. The Labute approximate surface area is 59.8 Å². The predicted molar refractivity (Wildman–Crippen MR) is 37.4 cm³/mol. The zero-order valence-corrected chi connectivity index (χ0v) is 6.04. The molecule has 0 aromatic heterocycles. The summed E-state index contributed by atoms with van der Waals surface area (Å²) < 4.78 is 0. The molecule has 1 fully saturated rings. The molecule has 1 rings (SSSR count). The topological polar surface area (TPSA) is 55.2 Å². The standard InChI is InChI=1S/C6H12N2O2/c1-5-2-3-7-4-6(5)8(9)10/h5-7H,2-4H2,1H3. The molecule has 0 bridgehead atoms. The van der Waals surface area contributed by atoms with Gasteiger partial charge in [-0.15, -0.1) is 0 Å². The third kappa shape index (κ3) is 1.44. The molecule has 1 aliphatic heterocycles. The van der Waals surface area contributed by atoms with Gasteiger partial charge in [0.25, 0.3) is 0 Å². The van der Waals surface area contributed by atoms with Crippen LogP contribution in [0.2, 0.25) is 0 Å². The Morgan fingerprint density at radius 2 is 2.40 bits per heavy atom. The van der Waals surface area contributed by atoms with Gasteiger partial charge >= 0.3 is 0 Å². The van der Waals surface area contributed by atoms with Crippen molar-refractivity contribution < 1.29 is 4.92 Å². The van der Waals surface area contributed by atoms with Crippen molar-refractivity contribution in [2.75, 3.05) is 13.1 Å². The normalized spacial score (nSPS) is 33.7. The number of hydrogen-bond donors (Lipinski definition) is 1. The lowest BCUT2D eigenvalue weighted by molar-refractivity contribution is -0.531. The Hall–Kier alpha value is -0.640. The van der Waals surface area contributed by atoms with Crippen LogP contribution in [0.3, 0.4) is 0 Å². The fraction of sp³-hybridized carbons (Fsp3) is 1.00. The lowest BCUT2D eigenvalue weighted by atomic mass is 9.96. The van der Waals surface area contributed by atoms with E-state index in [1.165, 1.54) is 0 Å². The minimum atomic E-state index is -0.367. The smallest absolute Gasteiger partial charge is 0.227 e. The van der Waals surface area contributed by atoms with Crippen LogP contribution in [-0.2, 0) is 0 Å². The fourth-order valence-corrected chi connectivity index (χ4v) is 1.26. The van der Waals surface area contributed by atoms with Gasteiger partial charge < -0.3 is 5.32 Å². The van der Waals surface area contributed by atoms with Crippen molar-refractivity contribution in [1.82, 2.24) is 5.32 Å². The third-order valence-electron chi connectivity index (χ3n) is 2.06. The Bertz CT molecular complexity index is 138. The maximum Gasteiger partial charge on any atom is 0.227 e. The van der Waals surface area contributed by atoms with Crippen LogP contribution in [0.15, 0.2) is 0 Å². The molecule has 4 nitrogen and oxygen atoms in total. The number of rotatable bonds is 1. The molecule has 58 valence electrons. The molecule has 2 atom stereocenters. The van der Waals surface area contributed by atoms with Gasteiger partial charge in [-0.1, -0.05) is 6.92 Å². The van der Waals surface area contributed by atoms with Crippen molar-refractivity contribution in [1.29, 1.82) is 0 Å². The highest BCUT2D eigenvalue weighted by atomic mass is 16.6. The molecule has 0 aliphatic carbocycles. The minimum absolute atomic E-state index is 0.184. The zero-order chi connectivity index (χ0) is 7.56. The number of hydrogen-bond acceptors (Lipinski definition) is 3. The van der Waals surface area contributed by atoms with Crippen molar-refractivity contribution >= 4 is 0 Å². The summed E-state index contributed by atoms with van der Waals surface area (Å²) in [4.78, 5) is 10.1. The van der Waals surface area contributed by atoms with E-state index in [0.29, 0.717) is 6.54 Å². The second kappa shape index (κ2) is 2.96. The first kappa shape index (κ1) is 7.47. The summed E-state index contributed by atoms with van der Waals surface area (Å²) >= 11 is 0. The molecule has 0 spiro atoms. The van der Waals surface area contributed by atoms with Crippen molar-refractivity contribution in [2.45, 2.75) is 19.4 Å². The SMILES string of the molecule is CC1CCNCC1[N+](=O)[O-]. The summed E-state index contributed by atoms with van der Waals surface area (Å²) in [6.07, 6.45) is 0.922. The quantitative estimate of drug-likeness (QED) is 0.424. The molecule has 0 aromatic carbocycles. The molecule has 1 saturated heterocycles. The van der Waals surface area contributed by atoms with E-state index in [0.717, 1.165) is 13.0 Å². The highest BCUT2D eigenvalue weighted by Gasteiger charge is 2.29. The summed E-state index contributed by atoms with van der Waals surface area (Å²) in [6, 6.07) is -0.367. The van der Waals surface area contributed by atoms with Crippen LogP contribution in [0.1, 0.15) is 13.3 Å². The van der Waals surface area contributed by atoms with Crippen LogP contribution in [0.25, 0.3) is 0 Å². The lowest BCUT2D eigenvalue weighted by Gasteiger charge is -2.22. The maximum absolute atomic E-state index is 10.3. The van der Waals surface area contributed by atoms with Crippen molar-refractivity contribution in [3.05, 3.63) is 10.1 Å². The third-order valence-corrected chi connectivity index (χ3v) is 2.06. The maximum atomic E-state index is 10.3. The van der Waals surface area contributed by atoms with E-state index in [4.69, 9.17) is 0 Å². The highest BCUT2D eigenvalue weighted by molar-refractivity contribution is 4.74. The molecule has 1 aliphatic rings. The first-order chi connectivity index (χ1) is 4.72. The van der Waals surface area contributed by atoms with Gasteiger partial charge in [-0.3, -0.25) is 10.1 Å². The van der Waals surface area contributed by atoms with Gasteiger partial charge in [-0.05, 0) is 13.0 Å². The molecule has 1 heterocycles. The lowest BCUT2D eigenvalue weighted by Crippen LogP contribution is -2.43. The van der Waals surface area contributed by atoms with E-state index in [-0.39, 0.29) is 16.9 Å². The van der Waals surface area contributed by atoms with Gasteiger partial charge in [0.2, 0.25) is 6.04 Å². The first-order valence-corrected chi connectivity index (χ1v) is 3.56. The van der Waals surface area contributed by atoms with E-state index in [9.17, 15) is 10.1 Å². The van der Waals surface area contributed by atoms with Gasteiger partial charge in [0, 0.05) is 10.8 Å². The van der Waals surface area contributed by atoms with Gasteiger partial charge in [0.15, 0.2) is 0 Å². The minimum Gasteiger partial charge on any atom is -0.310 e. The number of nitrogens with one attached hydrogen (secondary N) is 1. The van der Waals surface area contributed by atoms with Crippen LogP contribution in [0.5, 0.6) is 0 Å². The Balaban J connectivity index is 2.47. The second-order valence-electron chi connectivity index (χ2n) is 2.82. The van der Waals surface area contributed by atoms with Crippen molar-refractivity contribution in [3.63, 3.8) is 0 Å². The molecule has 0 aromatic rings. The monoisotopic (exact) mass is 144 g/mol. The average Bonchev–Trinajstić information content (AvgIpc) is 1.88. The number of piperidine rings is 1. The van der Waals surface area contributed by atoms with Crippen LogP contribution >= 0.6 is 0 Å². The Morgan fingerprint density at radius 1 is 1.70 bits per heavy atom. The van der Waals surface area contributed by atoms with Crippen LogP contribution in [0, 0.1) is 16.0 Å². The van der Waals surface area contributed by atoms with Gasteiger partial charge in [0.1, 0.15) is 0 Å². The summed E-state index contributed by atoms with van der Waals surface area (Å²) in [6.45, 7) is 3.40. The van der Waals surface area contributed by atoms with E-state index in [1.807, 2.05) is 6.92 Å². The van der Waals surface area contributed by atoms with Gasteiger partial charge in [-0.2, -0.15) is 0 Å². The molecule has 0 saturated carbocycles. The highest BCUT2D eigenvalue weighted by Crippen LogP contribution is 2.13. The van der Waals surface area contributed by atoms with E-state index >= 15 is 0 Å². The molecule has 10 heavy (non-hydrogen) atoms. The second-order valence-corrected chi connectivity index (χ2v) is 2.82. The van der Waals surface area contributed by atoms with Crippen molar-refractivity contribution in [3.8, 4) is 0 Å². The molecular formula is C6H12N2O2. The fourth-order valence-electron chi connectivity index (χ4n) is 1.26. The summed E-state index contributed by atoms with van der Waals surface area (Å²) in [7, 11) is 0. The van der Waals surface area contributed by atoms with Crippen molar-refractivity contribution in [2.24, 2.45) is 5.92 Å². The largest absolute Gasteiger partial charge is 0.310 e. The number of nitro groups is 1. The van der Waals surface area contributed by atoms with Gasteiger partial charge in [-0.25, -0.2) is 0 Å². The van der Waals surface area contributed by atoms with E-state index < -0.39 is 0 Å². The molecule has 0 amide bonds. The van der Waals surface area contributed by atoms with Crippen LogP contribution < -0.4 is 5.32 Å². The summed E-state index contributed by atoms with van der Waals surface area (Å²) in [5, 5.41) is 13.3. The predicted octanol–water partition coefficient (Wildman–Crippen LogP) is 0.261. The first-order valence-electron chi connectivity index (χ1n) is 3.56. The summed E-state index contributed by atoms with van der Waals surface area (Å²) in [5.41, 5.74) is 0. The van der Waals surface area contributed by atoms with E-state index in [2.05, 4.69) is 5.32 Å². The molecule has 0 radical (unpaired) electrons. The average molecular weight is 144 g/mol. The van der Waals surface area contributed by atoms with Gasteiger partial charge in [0.05, 0.1) is 6.54 Å². The Morgan fingerprint density at radius 3 is 2.80 bits per heavy atom.